The summed E-state index contributed by atoms with van der Waals surface area (Å²) < 4.78 is 11.6. The SMILES string of the molecule is CCOc1cc(C=C2C(=O)N(C)C(=S)N(C)C2=O)ccc1OCc1ccc(Cl)c(Cl)c1. The summed E-state index contributed by atoms with van der Waals surface area (Å²) in [5, 5.41) is 1.08. The van der Waals surface area contributed by atoms with Crippen LogP contribution in [-0.2, 0) is 16.2 Å². The molecule has 0 aromatic heterocycles. The number of thiocarbonyl (C=S) groups is 1. The van der Waals surface area contributed by atoms with Crippen LogP contribution in [0, 0.1) is 0 Å². The number of nitrogens with zero attached hydrogens (tertiary/aromatic N) is 2. The molecule has 0 radical (unpaired) electrons. The Hall–Kier alpha value is -2.61. The highest BCUT2D eigenvalue weighted by Crippen LogP contribution is 2.31. The van der Waals surface area contributed by atoms with Crippen LogP contribution in [0.25, 0.3) is 6.08 Å². The number of likely N-dealkylation sites (N-methyl/N-ethyl adjacent to an activating group) is 2. The molecule has 1 saturated heterocycles. The first-order valence-corrected chi connectivity index (χ1v) is 10.5. The van der Waals surface area contributed by atoms with Crippen molar-refractivity contribution in [3.63, 3.8) is 0 Å². The number of amides is 2. The van der Waals surface area contributed by atoms with Crippen LogP contribution in [0.3, 0.4) is 0 Å². The average Bonchev–Trinajstić information content (AvgIpc) is 2.76. The Morgan fingerprint density at radius 3 is 2.23 bits per heavy atom. The van der Waals surface area contributed by atoms with E-state index in [1.807, 2.05) is 13.0 Å². The molecule has 1 aliphatic heterocycles. The van der Waals surface area contributed by atoms with Crippen LogP contribution in [0.2, 0.25) is 10.0 Å². The van der Waals surface area contributed by atoms with Crippen molar-refractivity contribution in [2.75, 3.05) is 20.7 Å². The van der Waals surface area contributed by atoms with E-state index >= 15 is 0 Å². The lowest BCUT2D eigenvalue weighted by Crippen LogP contribution is -2.52. The van der Waals surface area contributed by atoms with Gasteiger partial charge in [-0.3, -0.25) is 19.4 Å². The normalized spacial score (nSPS) is 14.2. The van der Waals surface area contributed by atoms with Gasteiger partial charge in [0.1, 0.15) is 12.2 Å². The largest absolute Gasteiger partial charge is 0.490 e. The maximum atomic E-state index is 12.5. The summed E-state index contributed by atoms with van der Waals surface area (Å²) in [6.45, 7) is 2.54. The molecule has 2 aromatic rings. The van der Waals surface area contributed by atoms with Crippen LogP contribution in [-0.4, -0.2) is 47.4 Å². The molecule has 2 amide bonds. The zero-order valence-corrected chi connectivity index (χ0v) is 19.5. The lowest BCUT2D eigenvalue weighted by atomic mass is 10.1. The predicted octanol–water partition coefficient (Wildman–Crippen LogP) is 4.57. The number of carbonyl (C=O) groups is 2. The molecule has 0 saturated carbocycles. The van der Waals surface area contributed by atoms with Gasteiger partial charge in [-0.25, -0.2) is 0 Å². The van der Waals surface area contributed by atoms with E-state index in [9.17, 15) is 9.59 Å². The average molecular weight is 479 g/mol. The zero-order valence-electron chi connectivity index (χ0n) is 17.1. The fourth-order valence-corrected chi connectivity index (χ4v) is 3.42. The first-order chi connectivity index (χ1) is 14.7. The minimum absolute atomic E-state index is 0.0190. The molecular weight excluding hydrogens is 459 g/mol. The predicted molar refractivity (Wildman–Crippen MR) is 125 cm³/mol. The number of rotatable bonds is 6. The maximum absolute atomic E-state index is 12.5. The van der Waals surface area contributed by atoms with Crippen molar-refractivity contribution >= 4 is 58.4 Å². The molecule has 1 fully saturated rings. The summed E-state index contributed by atoms with van der Waals surface area (Å²) in [5.74, 6) is 0.105. The molecule has 3 rings (SSSR count). The van der Waals surface area contributed by atoms with Gasteiger partial charge in [0.25, 0.3) is 11.8 Å². The molecule has 1 aliphatic rings. The molecular formula is C22H20Cl2N2O4S. The molecule has 31 heavy (non-hydrogen) atoms. The topological polar surface area (TPSA) is 59.1 Å². The van der Waals surface area contributed by atoms with Crippen molar-refractivity contribution in [3.8, 4) is 11.5 Å². The van der Waals surface area contributed by atoms with Gasteiger partial charge in [-0.1, -0.05) is 35.3 Å². The summed E-state index contributed by atoms with van der Waals surface area (Å²) >= 11 is 17.1. The highest BCUT2D eigenvalue weighted by Gasteiger charge is 2.35. The number of carbonyl (C=O) groups excluding carboxylic acids is 2. The molecule has 0 unspecified atom stereocenters. The molecule has 0 atom stereocenters. The Morgan fingerprint density at radius 1 is 0.935 bits per heavy atom. The highest BCUT2D eigenvalue weighted by molar-refractivity contribution is 7.80. The first-order valence-electron chi connectivity index (χ1n) is 9.38. The fourth-order valence-electron chi connectivity index (χ4n) is 2.93. The van der Waals surface area contributed by atoms with Gasteiger partial charge in [-0.2, -0.15) is 0 Å². The van der Waals surface area contributed by atoms with Gasteiger partial charge < -0.3 is 9.47 Å². The standard InChI is InChI=1S/C22H20Cl2N2O4S/c1-4-29-19-11-13(9-15-20(27)25(2)22(31)26(3)21(15)28)6-8-18(19)30-12-14-5-7-16(23)17(24)10-14/h5-11H,4,12H2,1-3H3. The minimum Gasteiger partial charge on any atom is -0.490 e. The Bertz CT molecular complexity index is 1060. The molecule has 2 aromatic carbocycles. The Kier molecular flexibility index (Phi) is 7.20. The minimum atomic E-state index is -0.453. The second-order valence-corrected chi connectivity index (χ2v) is 7.92. The van der Waals surface area contributed by atoms with E-state index in [0.29, 0.717) is 33.7 Å². The lowest BCUT2D eigenvalue weighted by Gasteiger charge is -2.31. The van der Waals surface area contributed by atoms with Crippen molar-refractivity contribution in [2.45, 2.75) is 13.5 Å². The van der Waals surface area contributed by atoms with E-state index < -0.39 is 11.8 Å². The third kappa shape index (κ3) is 5.01. The van der Waals surface area contributed by atoms with E-state index in [1.54, 1.807) is 30.3 Å². The Labute approximate surface area is 195 Å². The quantitative estimate of drug-likeness (QED) is 0.345. The first kappa shape index (κ1) is 23.1. The molecule has 0 bridgehead atoms. The fraction of sp³-hybridized carbons (Fsp3) is 0.227. The lowest BCUT2D eigenvalue weighted by molar-refractivity contribution is -0.132. The van der Waals surface area contributed by atoms with Crippen molar-refractivity contribution < 1.29 is 19.1 Å². The number of halogens is 2. The number of hydrogen-bond donors (Lipinski definition) is 0. The number of hydrogen-bond acceptors (Lipinski definition) is 5. The molecule has 0 N–H and O–H groups in total. The van der Waals surface area contributed by atoms with E-state index in [4.69, 9.17) is 44.9 Å². The molecule has 162 valence electrons. The van der Waals surface area contributed by atoms with Gasteiger partial charge >= 0.3 is 0 Å². The van der Waals surface area contributed by atoms with Crippen LogP contribution in [0.1, 0.15) is 18.1 Å². The smallest absolute Gasteiger partial charge is 0.265 e. The van der Waals surface area contributed by atoms with E-state index in [1.165, 1.54) is 30.0 Å². The van der Waals surface area contributed by atoms with Gasteiger partial charge in [-0.05, 0) is 60.6 Å². The second kappa shape index (κ2) is 9.68. The Morgan fingerprint density at radius 2 is 1.61 bits per heavy atom. The molecule has 1 heterocycles. The third-order valence-corrected chi connectivity index (χ3v) is 5.89. The van der Waals surface area contributed by atoms with Gasteiger partial charge in [0, 0.05) is 14.1 Å². The van der Waals surface area contributed by atoms with Gasteiger partial charge in [0.15, 0.2) is 16.6 Å². The van der Waals surface area contributed by atoms with E-state index in [-0.39, 0.29) is 17.3 Å². The molecule has 0 aliphatic carbocycles. The third-order valence-electron chi connectivity index (χ3n) is 4.60. The van der Waals surface area contributed by atoms with E-state index in [0.717, 1.165) is 5.56 Å². The van der Waals surface area contributed by atoms with Crippen LogP contribution in [0.5, 0.6) is 11.5 Å². The second-order valence-electron chi connectivity index (χ2n) is 6.75. The maximum Gasteiger partial charge on any atom is 0.265 e. The van der Waals surface area contributed by atoms with Crippen LogP contribution < -0.4 is 9.47 Å². The summed E-state index contributed by atoms with van der Waals surface area (Å²) in [6, 6.07) is 10.5. The van der Waals surface area contributed by atoms with E-state index in [2.05, 4.69) is 0 Å². The molecule has 6 nitrogen and oxygen atoms in total. The van der Waals surface area contributed by atoms with Gasteiger partial charge in [-0.15, -0.1) is 0 Å². The van der Waals surface area contributed by atoms with Crippen LogP contribution >= 0.6 is 35.4 Å². The molecule has 0 spiro atoms. The monoisotopic (exact) mass is 478 g/mol. The summed E-state index contributed by atoms with van der Waals surface area (Å²) in [4.78, 5) is 27.6. The van der Waals surface area contributed by atoms with Gasteiger partial charge in [0.05, 0.1) is 16.7 Å². The van der Waals surface area contributed by atoms with Crippen molar-refractivity contribution in [2.24, 2.45) is 0 Å². The van der Waals surface area contributed by atoms with Crippen LogP contribution in [0.15, 0.2) is 42.0 Å². The molecule has 9 heteroatoms. The van der Waals surface area contributed by atoms with Crippen LogP contribution in [0.4, 0.5) is 0 Å². The summed E-state index contributed by atoms with van der Waals surface area (Å²) in [5.41, 5.74) is 1.49. The number of benzene rings is 2. The van der Waals surface area contributed by atoms with Crippen molar-refractivity contribution in [3.05, 3.63) is 63.1 Å². The zero-order chi connectivity index (χ0) is 22.7. The summed E-state index contributed by atoms with van der Waals surface area (Å²) in [6.07, 6.45) is 1.52. The van der Waals surface area contributed by atoms with Crippen molar-refractivity contribution in [1.82, 2.24) is 9.80 Å². The highest BCUT2D eigenvalue weighted by atomic mass is 35.5. The summed E-state index contributed by atoms with van der Waals surface area (Å²) in [7, 11) is 3.07. The van der Waals surface area contributed by atoms with Gasteiger partial charge in [0.2, 0.25) is 0 Å². The van der Waals surface area contributed by atoms with Crippen molar-refractivity contribution in [1.29, 1.82) is 0 Å². The number of ether oxygens (including phenoxy) is 2. The Balaban J connectivity index is 1.86.